The molecule has 2 unspecified atom stereocenters. The van der Waals surface area contributed by atoms with Gasteiger partial charge in [-0.1, -0.05) is 20.3 Å². The topological polar surface area (TPSA) is 50.1 Å². The van der Waals surface area contributed by atoms with Crippen LogP contribution in [0, 0.1) is 19.8 Å². The van der Waals surface area contributed by atoms with Crippen LogP contribution in [0.2, 0.25) is 0 Å². The SMILES string of the molecule is CCC(C)C(O)CNCc1c(C)nn(C)c1C. The summed E-state index contributed by atoms with van der Waals surface area (Å²) >= 11 is 0. The van der Waals surface area contributed by atoms with Crippen molar-refractivity contribution in [2.75, 3.05) is 6.54 Å². The van der Waals surface area contributed by atoms with Crippen LogP contribution in [0.15, 0.2) is 0 Å². The van der Waals surface area contributed by atoms with Gasteiger partial charge < -0.3 is 10.4 Å². The van der Waals surface area contributed by atoms with Gasteiger partial charge in [-0.25, -0.2) is 0 Å². The molecule has 0 bridgehead atoms. The molecule has 98 valence electrons. The van der Waals surface area contributed by atoms with E-state index in [1.165, 1.54) is 11.3 Å². The highest BCUT2D eigenvalue weighted by atomic mass is 16.3. The Balaban J connectivity index is 2.46. The molecule has 0 aliphatic carbocycles. The first-order valence-corrected chi connectivity index (χ1v) is 6.35. The minimum Gasteiger partial charge on any atom is -0.392 e. The van der Waals surface area contributed by atoms with Gasteiger partial charge in [-0.2, -0.15) is 5.10 Å². The molecule has 1 rings (SSSR count). The first-order chi connectivity index (χ1) is 7.97. The Morgan fingerprint density at radius 1 is 1.41 bits per heavy atom. The average molecular weight is 239 g/mol. The summed E-state index contributed by atoms with van der Waals surface area (Å²) in [5.74, 6) is 0.346. The van der Waals surface area contributed by atoms with Gasteiger partial charge in [0.15, 0.2) is 0 Å². The number of hydrogen-bond donors (Lipinski definition) is 2. The first kappa shape index (κ1) is 14.2. The lowest BCUT2D eigenvalue weighted by atomic mass is 10.0. The van der Waals surface area contributed by atoms with Gasteiger partial charge in [-0.3, -0.25) is 4.68 Å². The van der Waals surface area contributed by atoms with Crippen LogP contribution in [0.3, 0.4) is 0 Å². The van der Waals surface area contributed by atoms with E-state index in [1.54, 1.807) is 0 Å². The lowest BCUT2D eigenvalue weighted by Gasteiger charge is -2.17. The second-order valence-corrected chi connectivity index (χ2v) is 4.86. The van der Waals surface area contributed by atoms with E-state index in [-0.39, 0.29) is 6.10 Å². The Morgan fingerprint density at radius 2 is 2.06 bits per heavy atom. The highest BCUT2D eigenvalue weighted by Gasteiger charge is 2.13. The Morgan fingerprint density at radius 3 is 2.53 bits per heavy atom. The van der Waals surface area contributed by atoms with Crippen molar-refractivity contribution in [2.45, 2.75) is 46.8 Å². The van der Waals surface area contributed by atoms with Crippen LogP contribution in [-0.4, -0.2) is 27.5 Å². The third-order valence-electron chi connectivity index (χ3n) is 3.61. The number of aliphatic hydroxyl groups excluding tert-OH is 1. The van der Waals surface area contributed by atoms with Crippen molar-refractivity contribution >= 4 is 0 Å². The Bertz CT molecular complexity index is 360. The summed E-state index contributed by atoms with van der Waals surface area (Å²) < 4.78 is 1.90. The summed E-state index contributed by atoms with van der Waals surface area (Å²) in [5.41, 5.74) is 3.49. The van der Waals surface area contributed by atoms with Crippen LogP contribution in [0.5, 0.6) is 0 Å². The molecule has 0 spiro atoms. The number of aryl methyl sites for hydroxylation is 2. The fourth-order valence-electron chi connectivity index (χ4n) is 1.89. The number of nitrogens with zero attached hydrogens (tertiary/aromatic N) is 2. The van der Waals surface area contributed by atoms with E-state index in [0.29, 0.717) is 12.5 Å². The number of nitrogens with one attached hydrogen (secondary N) is 1. The van der Waals surface area contributed by atoms with E-state index < -0.39 is 0 Å². The minimum absolute atomic E-state index is 0.266. The lowest BCUT2D eigenvalue weighted by Crippen LogP contribution is -2.31. The fourth-order valence-corrected chi connectivity index (χ4v) is 1.89. The van der Waals surface area contributed by atoms with Gasteiger partial charge >= 0.3 is 0 Å². The van der Waals surface area contributed by atoms with Gasteiger partial charge in [0.1, 0.15) is 0 Å². The van der Waals surface area contributed by atoms with Crippen LogP contribution in [0.4, 0.5) is 0 Å². The molecule has 0 saturated heterocycles. The van der Waals surface area contributed by atoms with Crippen LogP contribution in [-0.2, 0) is 13.6 Å². The van der Waals surface area contributed by atoms with Crippen molar-refractivity contribution in [3.05, 3.63) is 17.0 Å². The van der Waals surface area contributed by atoms with E-state index in [4.69, 9.17) is 0 Å². The Hall–Kier alpha value is -0.870. The normalized spacial score (nSPS) is 14.9. The molecule has 0 radical (unpaired) electrons. The van der Waals surface area contributed by atoms with Crippen molar-refractivity contribution in [3.63, 3.8) is 0 Å². The smallest absolute Gasteiger partial charge is 0.0690 e. The zero-order chi connectivity index (χ0) is 13.0. The van der Waals surface area contributed by atoms with Crippen LogP contribution in [0.1, 0.15) is 37.2 Å². The monoisotopic (exact) mass is 239 g/mol. The molecule has 2 atom stereocenters. The third kappa shape index (κ3) is 3.54. The molecule has 4 nitrogen and oxygen atoms in total. The van der Waals surface area contributed by atoms with E-state index in [0.717, 1.165) is 18.7 Å². The predicted octanol–water partition coefficient (Wildman–Crippen LogP) is 1.53. The molecular weight excluding hydrogens is 214 g/mol. The van der Waals surface area contributed by atoms with Crippen molar-refractivity contribution in [3.8, 4) is 0 Å². The molecule has 0 amide bonds. The largest absolute Gasteiger partial charge is 0.392 e. The molecule has 1 aromatic rings. The first-order valence-electron chi connectivity index (χ1n) is 6.35. The quantitative estimate of drug-likeness (QED) is 0.791. The second-order valence-electron chi connectivity index (χ2n) is 4.86. The summed E-state index contributed by atoms with van der Waals surface area (Å²) in [5, 5.41) is 17.5. The fraction of sp³-hybridized carbons (Fsp3) is 0.769. The van der Waals surface area contributed by atoms with E-state index >= 15 is 0 Å². The summed E-state index contributed by atoms with van der Waals surface area (Å²) in [6.45, 7) is 9.69. The molecule has 0 aromatic carbocycles. The van der Waals surface area contributed by atoms with Crippen molar-refractivity contribution < 1.29 is 5.11 Å². The summed E-state index contributed by atoms with van der Waals surface area (Å²) in [6.07, 6.45) is 0.741. The molecule has 0 saturated carbocycles. The van der Waals surface area contributed by atoms with Gasteiger partial charge in [0, 0.05) is 31.4 Å². The van der Waals surface area contributed by atoms with Gasteiger partial charge in [0.2, 0.25) is 0 Å². The number of aromatic nitrogens is 2. The minimum atomic E-state index is -0.266. The maximum Gasteiger partial charge on any atom is 0.0690 e. The predicted molar refractivity (Wildman–Crippen MR) is 69.9 cm³/mol. The van der Waals surface area contributed by atoms with Gasteiger partial charge in [0.05, 0.1) is 11.8 Å². The van der Waals surface area contributed by atoms with Crippen LogP contribution in [0.25, 0.3) is 0 Å². The van der Waals surface area contributed by atoms with E-state index in [2.05, 4.69) is 31.2 Å². The Kier molecular flexibility index (Phi) is 5.15. The lowest BCUT2D eigenvalue weighted by molar-refractivity contribution is 0.112. The number of rotatable bonds is 6. The number of hydrogen-bond acceptors (Lipinski definition) is 3. The van der Waals surface area contributed by atoms with Crippen molar-refractivity contribution in [1.29, 1.82) is 0 Å². The molecule has 0 aliphatic rings. The highest BCUT2D eigenvalue weighted by molar-refractivity contribution is 5.23. The summed E-state index contributed by atoms with van der Waals surface area (Å²) in [4.78, 5) is 0. The molecule has 1 heterocycles. The zero-order valence-corrected chi connectivity index (χ0v) is 11.6. The molecule has 4 heteroatoms. The average Bonchev–Trinajstić information content (AvgIpc) is 2.54. The van der Waals surface area contributed by atoms with Crippen LogP contribution < -0.4 is 5.32 Å². The van der Waals surface area contributed by atoms with Crippen molar-refractivity contribution in [2.24, 2.45) is 13.0 Å². The highest BCUT2D eigenvalue weighted by Crippen LogP contribution is 2.12. The van der Waals surface area contributed by atoms with E-state index in [9.17, 15) is 5.11 Å². The molecule has 17 heavy (non-hydrogen) atoms. The van der Waals surface area contributed by atoms with Gasteiger partial charge in [-0.05, 0) is 19.8 Å². The van der Waals surface area contributed by atoms with Crippen LogP contribution >= 0.6 is 0 Å². The summed E-state index contributed by atoms with van der Waals surface area (Å²) in [7, 11) is 1.96. The molecule has 0 fully saturated rings. The molecular formula is C13H25N3O. The Labute approximate surface area is 104 Å². The molecule has 2 N–H and O–H groups in total. The van der Waals surface area contributed by atoms with Gasteiger partial charge in [0.25, 0.3) is 0 Å². The second kappa shape index (κ2) is 6.17. The molecule has 1 aromatic heterocycles. The third-order valence-corrected chi connectivity index (χ3v) is 3.61. The molecule has 0 aliphatic heterocycles. The van der Waals surface area contributed by atoms with E-state index in [1.807, 2.05) is 18.7 Å². The standard InChI is InChI=1S/C13H25N3O/c1-6-9(2)13(17)8-14-7-12-10(3)15-16(5)11(12)4/h9,13-14,17H,6-8H2,1-5H3. The van der Waals surface area contributed by atoms with Crippen molar-refractivity contribution in [1.82, 2.24) is 15.1 Å². The summed E-state index contributed by atoms with van der Waals surface area (Å²) in [6, 6.07) is 0. The zero-order valence-electron chi connectivity index (χ0n) is 11.6. The maximum absolute atomic E-state index is 9.86. The maximum atomic E-state index is 9.86. The van der Waals surface area contributed by atoms with Gasteiger partial charge in [-0.15, -0.1) is 0 Å². The number of aliphatic hydroxyl groups is 1.